The zero-order valence-corrected chi connectivity index (χ0v) is 18.6. The lowest BCUT2D eigenvalue weighted by Crippen LogP contribution is -3.14. The highest BCUT2D eigenvalue weighted by molar-refractivity contribution is 7.89. The Labute approximate surface area is 173 Å². The Balaban J connectivity index is 1.88. The summed E-state index contributed by atoms with van der Waals surface area (Å²) in [6, 6.07) is 8.34. The molecule has 9 heteroatoms. The molecule has 1 unspecified atom stereocenters. The maximum Gasteiger partial charge on any atom is 0.277 e. The van der Waals surface area contributed by atoms with Crippen molar-refractivity contribution in [3.05, 3.63) is 30.3 Å². The monoisotopic (exact) mass is 425 g/mol. The second-order valence-electron chi connectivity index (χ2n) is 8.35. The molecule has 1 aliphatic heterocycles. The van der Waals surface area contributed by atoms with Crippen LogP contribution < -0.4 is 10.2 Å². The molecule has 1 saturated heterocycles. The fourth-order valence-corrected chi connectivity index (χ4v) is 4.69. The van der Waals surface area contributed by atoms with E-state index in [-0.39, 0.29) is 48.4 Å². The van der Waals surface area contributed by atoms with Gasteiger partial charge < -0.3 is 15.1 Å². The van der Waals surface area contributed by atoms with Crippen LogP contribution in [0.4, 0.5) is 0 Å². The Morgan fingerprint density at radius 3 is 2.14 bits per heavy atom. The molecule has 0 aliphatic carbocycles. The molecular weight excluding hydrogens is 392 g/mol. The number of nitrogens with one attached hydrogen (secondary N) is 2. The standard InChI is InChI=1S/C20H32N4O4S/c1-5-22(15-18(25)21-20(2,3)4)16-19(26)23-11-13-24(14-12-23)29(27,28)17-9-7-6-8-10-17/h6-10H,5,11-16H2,1-4H3,(H,21,25)/p+1. The van der Waals surface area contributed by atoms with Crippen molar-refractivity contribution >= 4 is 21.8 Å². The molecule has 2 amide bonds. The zero-order valence-electron chi connectivity index (χ0n) is 17.8. The molecule has 0 saturated carbocycles. The highest BCUT2D eigenvalue weighted by Gasteiger charge is 2.31. The molecule has 1 heterocycles. The summed E-state index contributed by atoms with van der Waals surface area (Å²) >= 11 is 0. The quantitative estimate of drug-likeness (QED) is 0.607. The van der Waals surface area contributed by atoms with E-state index in [1.165, 1.54) is 4.31 Å². The van der Waals surface area contributed by atoms with Gasteiger partial charge in [0, 0.05) is 31.7 Å². The second-order valence-corrected chi connectivity index (χ2v) is 10.3. The van der Waals surface area contributed by atoms with E-state index >= 15 is 0 Å². The number of nitrogens with zero attached hydrogens (tertiary/aromatic N) is 2. The van der Waals surface area contributed by atoms with Crippen LogP contribution >= 0.6 is 0 Å². The molecule has 2 rings (SSSR count). The predicted molar refractivity (Wildman–Crippen MR) is 111 cm³/mol. The number of piperazine rings is 1. The fraction of sp³-hybridized carbons (Fsp3) is 0.600. The van der Waals surface area contributed by atoms with E-state index in [1.54, 1.807) is 35.2 Å². The minimum absolute atomic E-state index is 0.0535. The molecule has 1 fully saturated rings. The zero-order chi connectivity index (χ0) is 21.7. The first-order chi connectivity index (χ1) is 13.5. The van der Waals surface area contributed by atoms with Crippen LogP contribution in [-0.2, 0) is 19.6 Å². The van der Waals surface area contributed by atoms with Gasteiger partial charge in [-0.05, 0) is 39.8 Å². The number of rotatable bonds is 7. The van der Waals surface area contributed by atoms with Gasteiger partial charge in [0.2, 0.25) is 10.0 Å². The maximum atomic E-state index is 12.7. The van der Waals surface area contributed by atoms with Gasteiger partial charge >= 0.3 is 0 Å². The molecule has 162 valence electrons. The summed E-state index contributed by atoms with van der Waals surface area (Å²) in [4.78, 5) is 27.7. The van der Waals surface area contributed by atoms with Gasteiger partial charge in [0.1, 0.15) is 0 Å². The van der Waals surface area contributed by atoms with E-state index in [9.17, 15) is 18.0 Å². The third-order valence-electron chi connectivity index (χ3n) is 4.80. The van der Waals surface area contributed by atoms with E-state index in [2.05, 4.69) is 5.32 Å². The van der Waals surface area contributed by atoms with Gasteiger partial charge in [0.25, 0.3) is 11.8 Å². The number of likely N-dealkylation sites (N-methyl/N-ethyl adjacent to an activating group) is 1. The van der Waals surface area contributed by atoms with Gasteiger partial charge in [-0.25, -0.2) is 8.42 Å². The largest absolute Gasteiger partial charge is 0.347 e. The highest BCUT2D eigenvalue weighted by Crippen LogP contribution is 2.17. The Morgan fingerprint density at radius 2 is 1.62 bits per heavy atom. The Kier molecular flexibility index (Phi) is 7.79. The van der Waals surface area contributed by atoms with Gasteiger partial charge in [-0.15, -0.1) is 0 Å². The minimum Gasteiger partial charge on any atom is -0.347 e. The van der Waals surface area contributed by atoms with Gasteiger partial charge in [0.15, 0.2) is 13.1 Å². The molecule has 0 bridgehead atoms. The number of carbonyl (C=O) groups is 2. The van der Waals surface area contributed by atoms with Crippen molar-refractivity contribution < 1.29 is 22.9 Å². The number of sulfonamides is 1. The normalized spacial score (nSPS) is 17.0. The van der Waals surface area contributed by atoms with Crippen LogP contribution in [-0.4, -0.2) is 80.8 Å². The molecule has 0 radical (unpaired) electrons. The number of amides is 2. The predicted octanol–water partition coefficient (Wildman–Crippen LogP) is -0.661. The molecular formula is C20H33N4O4S+. The van der Waals surface area contributed by atoms with Crippen molar-refractivity contribution in [2.24, 2.45) is 0 Å². The lowest BCUT2D eigenvalue weighted by atomic mass is 10.1. The molecule has 1 atom stereocenters. The van der Waals surface area contributed by atoms with Crippen molar-refractivity contribution in [2.45, 2.75) is 38.1 Å². The summed E-state index contributed by atoms with van der Waals surface area (Å²) in [5.74, 6) is -0.136. The summed E-state index contributed by atoms with van der Waals surface area (Å²) in [7, 11) is -3.53. The molecule has 0 spiro atoms. The third-order valence-corrected chi connectivity index (χ3v) is 6.71. The number of hydrogen-bond acceptors (Lipinski definition) is 4. The molecule has 1 aliphatic rings. The highest BCUT2D eigenvalue weighted by atomic mass is 32.2. The number of quaternary nitrogens is 1. The van der Waals surface area contributed by atoms with Crippen LogP contribution in [0.15, 0.2) is 35.2 Å². The van der Waals surface area contributed by atoms with Crippen LogP contribution in [0.25, 0.3) is 0 Å². The van der Waals surface area contributed by atoms with Crippen molar-refractivity contribution in [3.8, 4) is 0 Å². The lowest BCUT2D eigenvalue weighted by molar-refractivity contribution is -0.882. The van der Waals surface area contributed by atoms with Crippen LogP contribution in [0.1, 0.15) is 27.7 Å². The summed E-state index contributed by atoms with van der Waals surface area (Å²) in [5.41, 5.74) is -0.305. The Morgan fingerprint density at radius 1 is 1.03 bits per heavy atom. The number of benzene rings is 1. The van der Waals surface area contributed by atoms with E-state index in [0.29, 0.717) is 19.6 Å². The van der Waals surface area contributed by atoms with Gasteiger partial charge in [-0.2, -0.15) is 4.31 Å². The molecule has 29 heavy (non-hydrogen) atoms. The van der Waals surface area contributed by atoms with Gasteiger partial charge in [-0.1, -0.05) is 18.2 Å². The van der Waals surface area contributed by atoms with Gasteiger partial charge in [0.05, 0.1) is 11.4 Å². The van der Waals surface area contributed by atoms with E-state index in [4.69, 9.17) is 0 Å². The van der Waals surface area contributed by atoms with Gasteiger partial charge in [-0.3, -0.25) is 9.59 Å². The van der Waals surface area contributed by atoms with E-state index < -0.39 is 10.0 Å². The molecule has 1 aromatic carbocycles. The first-order valence-electron chi connectivity index (χ1n) is 10.0. The summed E-state index contributed by atoms with van der Waals surface area (Å²) in [6.07, 6.45) is 0. The smallest absolute Gasteiger partial charge is 0.277 e. The van der Waals surface area contributed by atoms with Crippen LogP contribution in [0, 0.1) is 0 Å². The number of carbonyl (C=O) groups excluding carboxylic acids is 2. The maximum absolute atomic E-state index is 12.7. The first kappa shape index (κ1) is 23.3. The van der Waals surface area contributed by atoms with Crippen LogP contribution in [0.5, 0.6) is 0 Å². The first-order valence-corrected chi connectivity index (χ1v) is 11.4. The summed E-state index contributed by atoms with van der Waals surface area (Å²) < 4.78 is 26.8. The number of hydrogen-bond donors (Lipinski definition) is 2. The average molecular weight is 426 g/mol. The van der Waals surface area contributed by atoms with Crippen LogP contribution in [0.3, 0.4) is 0 Å². The fourth-order valence-electron chi connectivity index (χ4n) is 3.25. The molecule has 2 N–H and O–H groups in total. The Hall–Kier alpha value is -1.97. The van der Waals surface area contributed by atoms with Crippen molar-refractivity contribution in [1.29, 1.82) is 0 Å². The second kappa shape index (κ2) is 9.69. The van der Waals surface area contributed by atoms with Crippen molar-refractivity contribution in [2.75, 3.05) is 45.8 Å². The molecule has 8 nitrogen and oxygen atoms in total. The van der Waals surface area contributed by atoms with E-state index in [1.807, 2.05) is 27.7 Å². The molecule has 1 aromatic rings. The van der Waals surface area contributed by atoms with Crippen molar-refractivity contribution in [1.82, 2.24) is 14.5 Å². The minimum atomic E-state index is -3.53. The average Bonchev–Trinajstić information content (AvgIpc) is 2.66. The third kappa shape index (κ3) is 6.80. The summed E-state index contributed by atoms with van der Waals surface area (Å²) in [6.45, 7) is 10.1. The summed E-state index contributed by atoms with van der Waals surface area (Å²) in [5, 5.41) is 2.92. The Bertz CT molecular complexity index is 798. The van der Waals surface area contributed by atoms with E-state index in [0.717, 1.165) is 4.90 Å². The topological polar surface area (TPSA) is 91.2 Å². The lowest BCUT2D eigenvalue weighted by Gasteiger charge is -2.34. The SMILES string of the molecule is CC[NH+](CC(=O)NC(C)(C)C)CC(=O)N1CCN(S(=O)(=O)c2ccccc2)CC1. The molecule has 0 aromatic heterocycles. The van der Waals surface area contributed by atoms with Crippen molar-refractivity contribution in [3.63, 3.8) is 0 Å². The van der Waals surface area contributed by atoms with Crippen LogP contribution in [0.2, 0.25) is 0 Å².